The average Bonchev–Trinajstić information content (AvgIpc) is 3.10. The zero-order chi connectivity index (χ0) is 16.9. The van der Waals surface area contributed by atoms with Gasteiger partial charge in [0.05, 0.1) is 16.6 Å². The van der Waals surface area contributed by atoms with Crippen LogP contribution in [-0.4, -0.2) is 30.4 Å². The fourth-order valence-corrected chi connectivity index (χ4v) is 3.40. The number of rotatable bonds is 5. The lowest BCUT2D eigenvalue weighted by Gasteiger charge is -2.28. The normalized spacial score (nSPS) is 16.1. The van der Waals surface area contributed by atoms with Gasteiger partial charge in [-0.15, -0.1) is 0 Å². The van der Waals surface area contributed by atoms with E-state index >= 15 is 0 Å². The Balaban J connectivity index is 1.72. The van der Waals surface area contributed by atoms with Crippen molar-refractivity contribution in [1.29, 1.82) is 0 Å². The Labute approximate surface area is 146 Å². The second-order valence-electron chi connectivity index (χ2n) is 6.00. The zero-order valence-corrected chi connectivity index (χ0v) is 14.1. The molecule has 126 valence electrons. The van der Waals surface area contributed by atoms with Crippen LogP contribution in [0.15, 0.2) is 48.5 Å². The third-order valence-electron chi connectivity index (χ3n) is 4.40. The Hall–Kier alpha value is -1.91. The molecule has 0 aliphatic carbocycles. The summed E-state index contributed by atoms with van der Waals surface area (Å²) >= 11 is 5.97. The number of hydrogen-bond acceptors (Lipinski definition) is 2. The number of nitrogens with one attached hydrogen (secondary N) is 1. The molecule has 5 heteroatoms. The van der Waals surface area contributed by atoms with E-state index in [1.165, 1.54) is 30.5 Å². The van der Waals surface area contributed by atoms with Crippen molar-refractivity contribution in [3.63, 3.8) is 0 Å². The van der Waals surface area contributed by atoms with E-state index in [4.69, 9.17) is 11.6 Å². The number of hydrogen-bond donors (Lipinski definition) is 1. The zero-order valence-electron chi connectivity index (χ0n) is 13.3. The van der Waals surface area contributed by atoms with Crippen LogP contribution in [0, 0.1) is 5.82 Å². The molecule has 2 aromatic rings. The molecule has 3 rings (SSSR count). The van der Waals surface area contributed by atoms with Crippen molar-refractivity contribution in [2.75, 3.05) is 19.6 Å². The fourth-order valence-electron chi connectivity index (χ4n) is 3.14. The molecule has 0 radical (unpaired) electrons. The van der Waals surface area contributed by atoms with Gasteiger partial charge in [0.15, 0.2) is 0 Å². The highest BCUT2D eigenvalue weighted by Crippen LogP contribution is 2.25. The van der Waals surface area contributed by atoms with Gasteiger partial charge in [0, 0.05) is 6.54 Å². The summed E-state index contributed by atoms with van der Waals surface area (Å²) < 4.78 is 13.1. The van der Waals surface area contributed by atoms with Crippen LogP contribution in [0.2, 0.25) is 5.02 Å². The predicted molar refractivity (Wildman–Crippen MR) is 93.7 cm³/mol. The van der Waals surface area contributed by atoms with Crippen LogP contribution in [0.4, 0.5) is 4.39 Å². The minimum absolute atomic E-state index is 0.130. The van der Waals surface area contributed by atoms with Crippen LogP contribution in [0.1, 0.15) is 34.8 Å². The predicted octanol–water partition coefficient (Wildman–Crippen LogP) is 4.05. The van der Waals surface area contributed by atoms with Crippen LogP contribution >= 0.6 is 11.6 Å². The molecule has 1 saturated heterocycles. The highest BCUT2D eigenvalue weighted by atomic mass is 35.5. The van der Waals surface area contributed by atoms with E-state index in [1.807, 2.05) is 18.2 Å². The van der Waals surface area contributed by atoms with E-state index in [0.29, 0.717) is 12.1 Å². The van der Waals surface area contributed by atoms with Crippen molar-refractivity contribution in [2.24, 2.45) is 0 Å². The molecule has 0 spiro atoms. The minimum Gasteiger partial charge on any atom is -0.350 e. The maximum Gasteiger partial charge on any atom is 0.252 e. The van der Waals surface area contributed by atoms with Gasteiger partial charge in [-0.2, -0.15) is 0 Å². The van der Waals surface area contributed by atoms with Crippen LogP contribution in [0.25, 0.3) is 0 Å². The first-order valence-corrected chi connectivity index (χ1v) is 8.55. The van der Waals surface area contributed by atoms with Gasteiger partial charge in [-0.25, -0.2) is 4.39 Å². The van der Waals surface area contributed by atoms with Gasteiger partial charge in [0.2, 0.25) is 0 Å². The molecule has 0 unspecified atom stereocenters. The van der Waals surface area contributed by atoms with E-state index in [9.17, 15) is 9.18 Å². The van der Waals surface area contributed by atoms with E-state index in [1.54, 1.807) is 0 Å². The number of halogens is 2. The summed E-state index contributed by atoms with van der Waals surface area (Å²) in [6.45, 7) is 2.57. The summed E-state index contributed by atoms with van der Waals surface area (Å²) in [5.74, 6) is -0.726. The van der Waals surface area contributed by atoms with Crippen molar-refractivity contribution in [2.45, 2.75) is 18.9 Å². The number of likely N-dealkylation sites (tertiary alicyclic amines) is 1. The van der Waals surface area contributed by atoms with Gasteiger partial charge in [-0.05, 0) is 49.7 Å². The maximum atomic E-state index is 13.1. The third-order valence-corrected chi connectivity index (χ3v) is 4.71. The molecule has 3 nitrogen and oxygen atoms in total. The Morgan fingerprint density at radius 1 is 1.17 bits per heavy atom. The topological polar surface area (TPSA) is 32.3 Å². The Kier molecular flexibility index (Phi) is 5.48. The standard InChI is InChI=1S/C19H20ClFN2O/c20-17-12-15(21)8-9-16(17)19(24)22-13-18(23-10-4-5-11-23)14-6-2-1-3-7-14/h1-3,6-9,12,18H,4-5,10-11,13H2,(H,22,24)/t18-/m1/s1. The van der Waals surface area contributed by atoms with Crippen molar-refractivity contribution in [3.8, 4) is 0 Å². The Morgan fingerprint density at radius 2 is 1.88 bits per heavy atom. The first-order valence-electron chi connectivity index (χ1n) is 8.17. The number of carbonyl (C=O) groups excluding carboxylic acids is 1. The monoisotopic (exact) mass is 346 g/mol. The molecule has 1 fully saturated rings. The summed E-state index contributed by atoms with van der Waals surface area (Å²) in [6.07, 6.45) is 2.36. The first kappa shape index (κ1) is 16.9. The smallest absolute Gasteiger partial charge is 0.252 e. The number of carbonyl (C=O) groups is 1. The molecule has 2 aromatic carbocycles. The summed E-state index contributed by atoms with van der Waals surface area (Å²) in [5, 5.41) is 3.08. The molecule has 1 N–H and O–H groups in total. The van der Waals surface area contributed by atoms with Crippen LogP contribution in [0.5, 0.6) is 0 Å². The summed E-state index contributed by atoms with van der Waals surface area (Å²) in [5.41, 5.74) is 1.48. The molecule has 1 heterocycles. The van der Waals surface area contributed by atoms with E-state index in [0.717, 1.165) is 19.2 Å². The van der Waals surface area contributed by atoms with Gasteiger partial charge in [0.25, 0.3) is 5.91 Å². The largest absolute Gasteiger partial charge is 0.350 e. The SMILES string of the molecule is O=C(NC[C@H](c1ccccc1)N1CCCC1)c1ccc(F)cc1Cl. The van der Waals surface area contributed by atoms with Gasteiger partial charge in [-0.1, -0.05) is 41.9 Å². The first-order chi connectivity index (χ1) is 11.6. The lowest BCUT2D eigenvalue weighted by Crippen LogP contribution is -2.36. The summed E-state index contributed by atoms with van der Waals surface area (Å²) in [4.78, 5) is 14.8. The van der Waals surface area contributed by atoms with Crippen molar-refractivity contribution >= 4 is 17.5 Å². The van der Waals surface area contributed by atoms with Gasteiger partial charge in [0.1, 0.15) is 5.82 Å². The van der Waals surface area contributed by atoms with Crippen LogP contribution < -0.4 is 5.32 Å². The van der Waals surface area contributed by atoms with Gasteiger partial charge >= 0.3 is 0 Å². The number of benzene rings is 2. The molecule has 0 bridgehead atoms. The highest BCUT2D eigenvalue weighted by molar-refractivity contribution is 6.33. The molecule has 1 aliphatic rings. The van der Waals surface area contributed by atoms with Crippen LogP contribution in [0.3, 0.4) is 0 Å². The second-order valence-corrected chi connectivity index (χ2v) is 6.41. The Morgan fingerprint density at radius 3 is 2.54 bits per heavy atom. The minimum atomic E-state index is -0.448. The molecule has 0 aromatic heterocycles. The molecule has 1 atom stereocenters. The van der Waals surface area contributed by atoms with Gasteiger partial charge < -0.3 is 5.32 Å². The molecule has 24 heavy (non-hydrogen) atoms. The lowest BCUT2D eigenvalue weighted by molar-refractivity contribution is 0.0938. The van der Waals surface area contributed by atoms with Crippen molar-refractivity contribution in [3.05, 3.63) is 70.5 Å². The molecule has 0 saturated carbocycles. The van der Waals surface area contributed by atoms with Gasteiger partial charge in [-0.3, -0.25) is 9.69 Å². The third kappa shape index (κ3) is 3.94. The summed E-state index contributed by atoms with van der Waals surface area (Å²) in [7, 11) is 0. The van der Waals surface area contributed by atoms with Crippen molar-refractivity contribution < 1.29 is 9.18 Å². The van der Waals surface area contributed by atoms with E-state index in [2.05, 4.69) is 22.3 Å². The second kappa shape index (κ2) is 7.77. The quantitative estimate of drug-likeness (QED) is 0.886. The van der Waals surface area contributed by atoms with Crippen molar-refractivity contribution in [1.82, 2.24) is 10.2 Å². The van der Waals surface area contributed by atoms with E-state index < -0.39 is 5.82 Å². The highest BCUT2D eigenvalue weighted by Gasteiger charge is 2.24. The molecule has 1 amide bonds. The molecule has 1 aliphatic heterocycles. The molecular weight excluding hydrogens is 327 g/mol. The van der Waals surface area contributed by atoms with Crippen LogP contribution in [-0.2, 0) is 0 Å². The number of nitrogens with zero attached hydrogens (tertiary/aromatic N) is 1. The average molecular weight is 347 g/mol. The maximum absolute atomic E-state index is 13.1. The van der Waals surface area contributed by atoms with E-state index in [-0.39, 0.29) is 17.0 Å². The molecular formula is C19H20ClFN2O. The summed E-state index contributed by atoms with van der Waals surface area (Å²) in [6, 6.07) is 14.1. The fraction of sp³-hybridized carbons (Fsp3) is 0.316. The Bertz CT molecular complexity index is 702. The number of amides is 1. The lowest BCUT2D eigenvalue weighted by atomic mass is 10.1.